The van der Waals surface area contributed by atoms with Crippen molar-refractivity contribution in [1.82, 2.24) is 0 Å². The van der Waals surface area contributed by atoms with Crippen LogP contribution in [0.1, 0.15) is 26.2 Å². The molecule has 0 amide bonds. The minimum absolute atomic E-state index is 0. The Labute approximate surface area is 72.9 Å². The van der Waals surface area contributed by atoms with Gasteiger partial charge in [0, 0.05) is 17.4 Å². The first-order valence-corrected chi connectivity index (χ1v) is 4.39. The van der Waals surface area contributed by atoms with Crippen LogP contribution in [0.3, 0.4) is 0 Å². The molecule has 62 valence electrons. The molecule has 0 saturated heterocycles. The largest absolute Gasteiger partial charge is 0.326 e. The first-order chi connectivity index (χ1) is 4.27. The first kappa shape index (κ1) is 13.3. The van der Waals surface area contributed by atoms with E-state index in [2.05, 4.69) is 11.4 Å². The summed E-state index contributed by atoms with van der Waals surface area (Å²) < 4.78 is 14.4. The summed E-state index contributed by atoms with van der Waals surface area (Å²) in [6, 6.07) is 0. The predicted molar refractivity (Wildman–Crippen MR) is 36.7 cm³/mol. The van der Waals surface area contributed by atoms with Gasteiger partial charge in [-0.25, -0.2) is 0 Å². The maximum atomic E-state index is 9.93. The third kappa shape index (κ3) is 11.5. The van der Waals surface area contributed by atoms with Crippen molar-refractivity contribution in [2.24, 2.45) is 0 Å². The Bertz CT molecular complexity index is 89.0. The molecule has 10 heavy (non-hydrogen) atoms. The summed E-state index contributed by atoms with van der Waals surface area (Å²) >= 11 is 0. The topological polar surface area (TPSA) is 46.5 Å². The van der Waals surface area contributed by atoms with Gasteiger partial charge in [-0.1, -0.05) is 19.8 Å². The molecule has 0 aromatic rings. The summed E-state index contributed by atoms with van der Waals surface area (Å²) in [7, 11) is -2.67. The van der Waals surface area contributed by atoms with Crippen LogP contribution in [0.15, 0.2) is 0 Å². The van der Waals surface area contributed by atoms with Gasteiger partial charge in [0.15, 0.2) is 0 Å². The molecule has 0 aromatic heterocycles. The third-order valence-corrected chi connectivity index (χ3v) is 1.42. The minimum atomic E-state index is -2.67. The number of unbranched alkanes of at least 4 members (excludes halogenated alkanes) is 2. The van der Waals surface area contributed by atoms with E-state index in [0.29, 0.717) is 6.61 Å². The Morgan fingerprint density at radius 3 is 2.50 bits per heavy atom. The van der Waals surface area contributed by atoms with E-state index in [9.17, 15) is 4.57 Å². The van der Waals surface area contributed by atoms with Crippen LogP contribution in [-0.2, 0) is 26.4 Å². The van der Waals surface area contributed by atoms with Crippen molar-refractivity contribution in [2.75, 3.05) is 6.61 Å². The van der Waals surface area contributed by atoms with Gasteiger partial charge >= 0.3 is 8.25 Å². The molecule has 0 rings (SSSR count). The van der Waals surface area contributed by atoms with Gasteiger partial charge in [0.05, 0.1) is 6.61 Å². The normalized spacial score (nSPS) is 12.2. The average molecular weight is 204 g/mol. The second kappa shape index (κ2) is 9.68. The molecule has 1 N–H and O–H groups in total. The minimum Gasteiger partial charge on any atom is -0.326 e. The van der Waals surface area contributed by atoms with E-state index in [1.54, 1.807) is 0 Å². The van der Waals surface area contributed by atoms with Crippen LogP contribution < -0.4 is 0 Å². The third-order valence-electron chi connectivity index (χ3n) is 0.973. The van der Waals surface area contributed by atoms with E-state index >= 15 is 0 Å². The Morgan fingerprint density at radius 1 is 1.50 bits per heavy atom. The molecular weight excluding hydrogens is 191 g/mol. The first-order valence-electron chi connectivity index (χ1n) is 3.13. The van der Waals surface area contributed by atoms with Crippen LogP contribution in [0, 0.1) is 0 Å². The number of hydrogen-bond donors (Lipinski definition) is 1. The fraction of sp³-hybridized carbons (Fsp3) is 1.00. The van der Waals surface area contributed by atoms with Crippen LogP contribution >= 0.6 is 8.25 Å². The van der Waals surface area contributed by atoms with Gasteiger partial charge in [-0.15, -0.1) is 0 Å². The van der Waals surface area contributed by atoms with Crippen molar-refractivity contribution < 1.29 is 31.3 Å². The molecule has 1 atom stereocenters. The molecular formula is C5H13CrO3P. The number of hydrogen-bond acceptors (Lipinski definition) is 2. The van der Waals surface area contributed by atoms with Gasteiger partial charge in [0.1, 0.15) is 0 Å². The van der Waals surface area contributed by atoms with E-state index in [-0.39, 0.29) is 17.4 Å². The van der Waals surface area contributed by atoms with Crippen LogP contribution in [-0.4, -0.2) is 11.5 Å². The van der Waals surface area contributed by atoms with E-state index < -0.39 is 8.25 Å². The standard InChI is InChI=1S/C5H13O3P.Cr/c1-2-3-4-5-8-9(6)7;/h9H,2-5H2,1H3,(H,6,7);. The maximum Gasteiger partial charge on any atom is 0.316 e. The maximum absolute atomic E-state index is 9.93. The quantitative estimate of drug-likeness (QED) is 0.546. The summed E-state index contributed by atoms with van der Waals surface area (Å²) in [4.78, 5) is 8.18. The Hall–Kier alpha value is 0.682. The molecule has 0 fully saturated rings. The summed E-state index contributed by atoms with van der Waals surface area (Å²) in [5, 5.41) is 0. The van der Waals surface area contributed by atoms with Crippen LogP contribution in [0.25, 0.3) is 0 Å². The molecule has 0 radical (unpaired) electrons. The summed E-state index contributed by atoms with van der Waals surface area (Å²) in [5.74, 6) is 0. The van der Waals surface area contributed by atoms with Crippen LogP contribution in [0.2, 0.25) is 0 Å². The fourth-order valence-electron chi connectivity index (χ4n) is 0.512. The molecule has 3 nitrogen and oxygen atoms in total. The predicted octanol–water partition coefficient (Wildman–Crippen LogP) is 1.57. The molecule has 0 spiro atoms. The van der Waals surface area contributed by atoms with E-state index in [0.717, 1.165) is 19.3 Å². The molecule has 0 heterocycles. The van der Waals surface area contributed by atoms with Gasteiger partial charge in [0.2, 0.25) is 0 Å². The smallest absolute Gasteiger partial charge is 0.316 e. The van der Waals surface area contributed by atoms with E-state index in [1.807, 2.05) is 0 Å². The molecule has 0 aliphatic carbocycles. The second-order valence-corrected chi connectivity index (χ2v) is 2.64. The van der Waals surface area contributed by atoms with Crippen molar-refractivity contribution in [3.05, 3.63) is 0 Å². The van der Waals surface area contributed by atoms with Crippen molar-refractivity contribution in [1.29, 1.82) is 0 Å². The van der Waals surface area contributed by atoms with Crippen molar-refractivity contribution >= 4 is 8.25 Å². The summed E-state index contributed by atoms with van der Waals surface area (Å²) in [6.07, 6.45) is 3.05. The van der Waals surface area contributed by atoms with Crippen molar-refractivity contribution in [3.63, 3.8) is 0 Å². The molecule has 0 aromatic carbocycles. The van der Waals surface area contributed by atoms with Gasteiger partial charge in [-0.2, -0.15) is 0 Å². The molecule has 0 bridgehead atoms. The Morgan fingerprint density at radius 2 is 2.10 bits per heavy atom. The Kier molecular flexibility index (Phi) is 12.9. The SMILES string of the molecule is CCCCCO[PH](=O)O.[Cr]. The molecule has 0 saturated carbocycles. The zero-order valence-corrected chi connectivity index (χ0v) is 8.28. The zero-order valence-electron chi connectivity index (χ0n) is 6.00. The van der Waals surface area contributed by atoms with Gasteiger partial charge < -0.3 is 9.42 Å². The van der Waals surface area contributed by atoms with Crippen molar-refractivity contribution in [2.45, 2.75) is 26.2 Å². The van der Waals surface area contributed by atoms with E-state index in [1.165, 1.54) is 0 Å². The molecule has 0 aliphatic heterocycles. The summed E-state index contributed by atoms with van der Waals surface area (Å²) in [5.41, 5.74) is 0. The monoisotopic (exact) mass is 204 g/mol. The van der Waals surface area contributed by atoms with Crippen LogP contribution in [0.4, 0.5) is 0 Å². The fourth-order valence-corrected chi connectivity index (χ4v) is 0.830. The number of rotatable bonds is 5. The Balaban J connectivity index is 0. The second-order valence-electron chi connectivity index (χ2n) is 1.82. The van der Waals surface area contributed by atoms with Gasteiger partial charge in [0.25, 0.3) is 0 Å². The molecule has 0 aliphatic rings. The summed E-state index contributed by atoms with van der Waals surface area (Å²) in [6.45, 7) is 2.49. The van der Waals surface area contributed by atoms with Crippen LogP contribution in [0.5, 0.6) is 0 Å². The molecule has 5 heteroatoms. The average Bonchev–Trinajstić information content (AvgIpc) is 1.80. The van der Waals surface area contributed by atoms with Gasteiger partial charge in [-0.3, -0.25) is 4.57 Å². The van der Waals surface area contributed by atoms with Crippen molar-refractivity contribution in [3.8, 4) is 0 Å². The zero-order chi connectivity index (χ0) is 7.11. The van der Waals surface area contributed by atoms with Gasteiger partial charge in [-0.05, 0) is 6.42 Å². The molecule has 1 unspecified atom stereocenters. The van der Waals surface area contributed by atoms with E-state index in [4.69, 9.17) is 4.89 Å².